The predicted octanol–water partition coefficient (Wildman–Crippen LogP) is 6.76. The highest BCUT2D eigenvalue weighted by molar-refractivity contribution is 7.65. The first kappa shape index (κ1) is 15.4. The Bertz CT molecular complexity index is 746. The van der Waals surface area contributed by atoms with Crippen molar-refractivity contribution in [3.05, 3.63) is 60.2 Å². The first-order chi connectivity index (χ1) is 10.8. The van der Waals surface area contributed by atoms with Gasteiger partial charge in [0.25, 0.3) is 0 Å². The molecule has 0 saturated heterocycles. The van der Waals surface area contributed by atoms with Crippen LogP contribution in [0, 0.1) is 0 Å². The van der Waals surface area contributed by atoms with Gasteiger partial charge in [-0.15, -0.1) is 9.03 Å². The molecule has 0 fully saturated rings. The van der Waals surface area contributed by atoms with E-state index in [-0.39, 0.29) is 0 Å². The summed E-state index contributed by atoms with van der Waals surface area (Å²) in [6.45, 7) is 2.12. The van der Waals surface area contributed by atoms with Crippen LogP contribution in [-0.4, -0.2) is 0 Å². The van der Waals surface area contributed by atoms with Gasteiger partial charge < -0.3 is 9.05 Å². The number of hydrogen-bond donors (Lipinski definition) is 0. The zero-order valence-electron chi connectivity index (χ0n) is 11.9. The van der Waals surface area contributed by atoms with Crippen LogP contribution in [-0.2, 0) is 6.42 Å². The molecule has 0 radical (unpaired) electrons. The summed E-state index contributed by atoms with van der Waals surface area (Å²) in [5.41, 5.74) is 1.26. The van der Waals surface area contributed by atoms with Gasteiger partial charge in [0.15, 0.2) is 17.0 Å². The first-order valence-electron chi connectivity index (χ1n) is 6.77. The van der Waals surface area contributed by atoms with Crippen molar-refractivity contribution >= 4 is 24.7 Å². The van der Waals surface area contributed by atoms with Crippen LogP contribution in [0.25, 0.3) is 0 Å². The van der Waals surface area contributed by atoms with Crippen molar-refractivity contribution in [3.8, 4) is 11.5 Å². The van der Waals surface area contributed by atoms with Gasteiger partial charge in [0.1, 0.15) is 11.5 Å². The van der Waals surface area contributed by atoms with Crippen molar-refractivity contribution in [1.82, 2.24) is 0 Å². The van der Waals surface area contributed by atoms with Crippen LogP contribution in [0.1, 0.15) is 12.5 Å². The number of para-hydroxylation sites is 1. The molecule has 5 nitrogen and oxygen atoms in total. The highest BCUT2D eigenvalue weighted by atomic mass is 31.2. The van der Waals surface area contributed by atoms with Crippen molar-refractivity contribution in [2.75, 3.05) is 0 Å². The summed E-state index contributed by atoms with van der Waals surface area (Å²) in [6.07, 6.45) is 0.992. The van der Waals surface area contributed by atoms with Gasteiger partial charge in [0.05, 0.1) is 0 Å². The van der Waals surface area contributed by atoms with E-state index >= 15 is 0 Å². The van der Waals surface area contributed by atoms with E-state index in [1.807, 2.05) is 54.6 Å². The minimum absolute atomic E-state index is 0.594. The number of benzene rings is 2. The largest absolute Gasteiger partial charge is 0.459 e. The SMILES string of the molecule is CCc1ccc(OP2(Oc3ccccc3)=NP=NP=N2)cc1. The summed E-state index contributed by atoms with van der Waals surface area (Å²) >= 11 is 0. The quantitative estimate of drug-likeness (QED) is 0.560. The molecule has 0 aromatic heterocycles. The topological polar surface area (TPSA) is 55.5 Å². The van der Waals surface area contributed by atoms with Gasteiger partial charge in [-0.3, -0.25) is 0 Å². The summed E-state index contributed by atoms with van der Waals surface area (Å²) in [7, 11) is -1.54. The molecule has 1 atom stereocenters. The van der Waals surface area contributed by atoms with Crippen molar-refractivity contribution in [3.63, 3.8) is 0 Å². The summed E-state index contributed by atoms with van der Waals surface area (Å²) in [4.78, 5) is 0. The molecule has 1 aliphatic rings. The molecule has 3 rings (SSSR count). The maximum absolute atomic E-state index is 6.03. The molecule has 2 aromatic carbocycles. The molecule has 0 aliphatic carbocycles. The monoisotopic (exact) mass is 349 g/mol. The minimum Gasteiger partial charge on any atom is -0.413 e. The summed E-state index contributed by atoms with van der Waals surface area (Å²) in [6, 6.07) is 17.4. The van der Waals surface area contributed by atoms with Crippen molar-refractivity contribution in [1.29, 1.82) is 0 Å². The van der Waals surface area contributed by atoms with Gasteiger partial charge in [-0.05, 0) is 36.2 Å². The lowest BCUT2D eigenvalue weighted by Crippen LogP contribution is -1.98. The average Bonchev–Trinajstić information content (AvgIpc) is 2.57. The van der Waals surface area contributed by atoms with Gasteiger partial charge in [0, 0.05) is 0 Å². The highest BCUT2D eigenvalue weighted by Crippen LogP contribution is 2.59. The predicted molar refractivity (Wildman–Crippen MR) is 91.6 cm³/mol. The Morgan fingerprint density at radius 3 is 2.18 bits per heavy atom. The molecule has 1 aliphatic heterocycles. The minimum atomic E-state index is -2.73. The van der Waals surface area contributed by atoms with E-state index in [0.717, 1.165) is 6.42 Å². The summed E-state index contributed by atoms with van der Waals surface area (Å²) < 4.78 is 24.9. The molecule has 0 saturated carbocycles. The Morgan fingerprint density at radius 2 is 1.59 bits per heavy atom. The number of nitrogens with zero attached hydrogens (tertiary/aromatic N) is 3. The number of aryl methyl sites for hydroxylation is 1. The molecule has 22 heavy (non-hydrogen) atoms. The van der Waals surface area contributed by atoms with E-state index in [2.05, 4.69) is 20.5 Å². The molecule has 0 spiro atoms. The van der Waals surface area contributed by atoms with Crippen molar-refractivity contribution in [2.24, 2.45) is 13.5 Å². The van der Waals surface area contributed by atoms with Gasteiger partial charge in [-0.2, -0.15) is 4.52 Å². The molecule has 0 amide bonds. The summed E-state index contributed by atoms with van der Waals surface area (Å²) in [5, 5.41) is 0. The Kier molecular flexibility index (Phi) is 5.00. The lowest BCUT2D eigenvalue weighted by molar-refractivity contribution is 0.478. The molecule has 0 N–H and O–H groups in total. The van der Waals surface area contributed by atoms with Crippen LogP contribution in [0.15, 0.2) is 68.1 Å². The van der Waals surface area contributed by atoms with Crippen LogP contribution in [0.4, 0.5) is 0 Å². The van der Waals surface area contributed by atoms with Gasteiger partial charge >= 0.3 is 7.66 Å². The van der Waals surface area contributed by atoms with E-state index in [1.54, 1.807) is 0 Å². The maximum Gasteiger partial charge on any atom is 0.459 e. The van der Waals surface area contributed by atoms with Crippen molar-refractivity contribution < 1.29 is 9.05 Å². The van der Waals surface area contributed by atoms with Crippen LogP contribution >= 0.6 is 24.7 Å². The van der Waals surface area contributed by atoms with E-state index in [0.29, 0.717) is 28.5 Å². The fourth-order valence-corrected chi connectivity index (χ4v) is 5.57. The third kappa shape index (κ3) is 3.81. The number of hydrogen-bond acceptors (Lipinski definition) is 5. The van der Waals surface area contributed by atoms with Crippen LogP contribution in [0.2, 0.25) is 0 Å². The smallest absolute Gasteiger partial charge is 0.413 e. The lowest BCUT2D eigenvalue weighted by atomic mass is 10.2. The normalized spacial score (nSPS) is 21.0. The van der Waals surface area contributed by atoms with Crippen molar-refractivity contribution in [2.45, 2.75) is 13.3 Å². The Balaban J connectivity index is 1.88. The second-order valence-electron chi connectivity index (χ2n) is 4.43. The molecule has 1 unspecified atom stereocenters. The Morgan fingerprint density at radius 1 is 0.909 bits per heavy atom. The molecule has 112 valence electrons. The third-order valence-electron chi connectivity index (χ3n) is 2.91. The number of rotatable bonds is 5. The van der Waals surface area contributed by atoms with Gasteiger partial charge in [-0.1, -0.05) is 37.3 Å². The van der Waals surface area contributed by atoms with Crippen LogP contribution in [0.5, 0.6) is 11.5 Å². The zero-order chi connectivity index (χ0) is 15.3. The summed E-state index contributed by atoms with van der Waals surface area (Å²) in [5.74, 6) is 1.40. The third-order valence-corrected chi connectivity index (χ3v) is 6.90. The van der Waals surface area contributed by atoms with Crippen LogP contribution in [0.3, 0.4) is 0 Å². The van der Waals surface area contributed by atoms with E-state index in [1.165, 1.54) is 5.56 Å². The Labute approximate surface area is 132 Å². The molecule has 2 aromatic rings. The fourth-order valence-electron chi connectivity index (χ4n) is 1.81. The Hall–Kier alpha value is -1.53. The molecule has 0 bridgehead atoms. The molecule has 1 heterocycles. The zero-order valence-corrected chi connectivity index (χ0v) is 14.6. The molecular weight excluding hydrogens is 335 g/mol. The first-order valence-corrected chi connectivity index (χ1v) is 9.90. The molecule has 8 heteroatoms. The van der Waals surface area contributed by atoms with E-state index in [4.69, 9.17) is 9.05 Å². The van der Waals surface area contributed by atoms with Gasteiger partial charge in [0.2, 0.25) is 0 Å². The molecular formula is C14H14N3O2P3. The van der Waals surface area contributed by atoms with Gasteiger partial charge in [-0.25, -0.2) is 0 Å². The fraction of sp³-hybridized carbons (Fsp3) is 0.143. The second-order valence-corrected chi connectivity index (χ2v) is 8.28. The standard InChI is InChI=1S/C14H14N3O2P3/c1-2-12-8-10-14(11-9-12)19-22(16-20-15-21-17-22)18-13-6-4-3-5-7-13/h3-11H,2H2,1H3. The van der Waals surface area contributed by atoms with E-state index < -0.39 is 7.66 Å². The maximum atomic E-state index is 6.03. The van der Waals surface area contributed by atoms with E-state index in [9.17, 15) is 0 Å². The lowest BCUT2D eigenvalue weighted by Gasteiger charge is -2.20. The van der Waals surface area contributed by atoms with Crippen LogP contribution < -0.4 is 9.05 Å². The average molecular weight is 349 g/mol. The highest BCUT2D eigenvalue weighted by Gasteiger charge is 2.27. The second kappa shape index (κ2) is 7.15.